The molecular weight excluding hydrogens is 260 g/mol. The maximum Gasteiger partial charge on any atom is 0.239 e. The van der Waals surface area contributed by atoms with Gasteiger partial charge in [0.25, 0.3) is 0 Å². The van der Waals surface area contributed by atoms with Crippen LogP contribution in [0.15, 0.2) is 18.2 Å². The lowest BCUT2D eigenvalue weighted by Gasteiger charge is -2.20. The van der Waals surface area contributed by atoms with Crippen molar-refractivity contribution in [3.8, 4) is 11.5 Å². The number of rotatable bonds is 6. The maximum atomic E-state index is 11.6. The quantitative estimate of drug-likeness (QED) is 0.710. The fourth-order valence-electron chi connectivity index (χ4n) is 1.56. The highest BCUT2D eigenvalue weighted by Gasteiger charge is 2.22. The summed E-state index contributed by atoms with van der Waals surface area (Å²) < 4.78 is 10.3. The van der Waals surface area contributed by atoms with Gasteiger partial charge in [-0.1, -0.05) is 0 Å². The summed E-state index contributed by atoms with van der Waals surface area (Å²) in [5.74, 6) is 0.819. The molecule has 0 aromatic heterocycles. The Bertz CT molecular complexity index is 446. The van der Waals surface area contributed by atoms with E-state index in [9.17, 15) is 9.90 Å². The Balaban J connectivity index is 2.77. The first-order valence-corrected chi connectivity index (χ1v) is 6.26. The third-order valence-corrected chi connectivity index (χ3v) is 2.80. The highest BCUT2D eigenvalue weighted by molar-refractivity contribution is 5.85. The second kappa shape index (κ2) is 6.58. The molecule has 0 bridgehead atoms. The number of aliphatic hydroxyl groups excluding tert-OH is 1. The first kappa shape index (κ1) is 16.3. The van der Waals surface area contributed by atoms with E-state index in [1.165, 1.54) is 14.2 Å². The van der Waals surface area contributed by atoms with Crippen molar-refractivity contribution in [3.63, 3.8) is 0 Å². The number of benzene rings is 1. The van der Waals surface area contributed by atoms with Crippen molar-refractivity contribution in [2.75, 3.05) is 20.8 Å². The molecule has 6 nitrogen and oxygen atoms in total. The van der Waals surface area contributed by atoms with Crippen molar-refractivity contribution in [3.05, 3.63) is 23.8 Å². The summed E-state index contributed by atoms with van der Waals surface area (Å²) in [5, 5.41) is 12.7. The van der Waals surface area contributed by atoms with Crippen LogP contribution >= 0.6 is 0 Å². The zero-order valence-corrected chi connectivity index (χ0v) is 12.3. The Morgan fingerprint density at radius 2 is 1.80 bits per heavy atom. The molecule has 6 heteroatoms. The van der Waals surface area contributed by atoms with Crippen LogP contribution in [0.5, 0.6) is 11.5 Å². The number of amides is 1. The molecule has 1 amide bonds. The Morgan fingerprint density at radius 1 is 1.30 bits per heavy atom. The average molecular weight is 282 g/mol. The van der Waals surface area contributed by atoms with Gasteiger partial charge in [-0.25, -0.2) is 0 Å². The van der Waals surface area contributed by atoms with E-state index in [4.69, 9.17) is 15.2 Å². The molecule has 0 saturated carbocycles. The lowest BCUT2D eigenvalue weighted by Crippen LogP contribution is -2.49. The Kier molecular flexibility index (Phi) is 5.35. The summed E-state index contributed by atoms with van der Waals surface area (Å²) in [6.45, 7) is 3.27. The summed E-state index contributed by atoms with van der Waals surface area (Å²) in [6.07, 6.45) is -0.870. The second-order valence-electron chi connectivity index (χ2n) is 5.09. The molecule has 0 radical (unpaired) electrons. The van der Waals surface area contributed by atoms with Crippen molar-refractivity contribution < 1.29 is 19.4 Å². The molecule has 0 spiro atoms. The van der Waals surface area contributed by atoms with Gasteiger partial charge < -0.3 is 25.6 Å². The van der Waals surface area contributed by atoms with E-state index in [0.717, 1.165) is 0 Å². The van der Waals surface area contributed by atoms with Gasteiger partial charge in [0.15, 0.2) is 0 Å². The van der Waals surface area contributed by atoms with Crippen LogP contribution in [0.25, 0.3) is 0 Å². The van der Waals surface area contributed by atoms with Crippen LogP contribution in [-0.4, -0.2) is 37.3 Å². The predicted molar refractivity (Wildman–Crippen MR) is 75.8 cm³/mol. The van der Waals surface area contributed by atoms with Gasteiger partial charge in [0.1, 0.15) is 11.5 Å². The van der Waals surface area contributed by atoms with E-state index in [1.54, 1.807) is 32.0 Å². The number of ether oxygens (including phenoxy) is 2. The fourth-order valence-corrected chi connectivity index (χ4v) is 1.56. The number of nitrogens with one attached hydrogen (secondary N) is 1. The van der Waals surface area contributed by atoms with Crippen molar-refractivity contribution >= 4 is 5.91 Å². The van der Waals surface area contributed by atoms with Gasteiger partial charge in [0.2, 0.25) is 5.91 Å². The van der Waals surface area contributed by atoms with Crippen LogP contribution in [0, 0.1) is 0 Å². The summed E-state index contributed by atoms with van der Waals surface area (Å²) in [7, 11) is 3.06. The van der Waals surface area contributed by atoms with E-state index >= 15 is 0 Å². The van der Waals surface area contributed by atoms with E-state index in [2.05, 4.69) is 5.32 Å². The summed E-state index contributed by atoms with van der Waals surface area (Å²) in [6, 6.07) is 5.08. The molecule has 1 rings (SSSR count). The SMILES string of the molecule is COc1cc(OC)cc(C(O)CNC(=O)C(C)(C)N)c1. The monoisotopic (exact) mass is 282 g/mol. The molecule has 1 aromatic rings. The van der Waals surface area contributed by atoms with Gasteiger partial charge >= 0.3 is 0 Å². The van der Waals surface area contributed by atoms with Gasteiger partial charge in [0, 0.05) is 12.6 Å². The van der Waals surface area contributed by atoms with Gasteiger partial charge in [-0.15, -0.1) is 0 Å². The van der Waals surface area contributed by atoms with E-state index in [0.29, 0.717) is 17.1 Å². The fraction of sp³-hybridized carbons (Fsp3) is 0.500. The number of nitrogens with two attached hydrogens (primary N) is 1. The molecule has 112 valence electrons. The molecular formula is C14H22N2O4. The molecule has 0 aliphatic carbocycles. The molecule has 1 aromatic carbocycles. The maximum absolute atomic E-state index is 11.6. The predicted octanol–water partition coefficient (Wildman–Crippen LogP) is 0.591. The second-order valence-corrected chi connectivity index (χ2v) is 5.09. The minimum Gasteiger partial charge on any atom is -0.497 e. The number of carbonyl (C=O) groups is 1. The van der Waals surface area contributed by atoms with Crippen LogP contribution in [0.2, 0.25) is 0 Å². The number of methoxy groups -OCH3 is 2. The minimum atomic E-state index is -0.980. The minimum absolute atomic E-state index is 0.0653. The zero-order valence-electron chi connectivity index (χ0n) is 12.3. The van der Waals surface area contributed by atoms with Crippen molar-refractivity contribution in [1.29, 1.82) is 0 Å². The normalized spacial score (nSPS) is 12.7. The molecule has 0 aliphatic heterocycles. The third kappa shape index (κ3) is 4.40. The van der Waals surface area contributed by atoms with Crippen LogP contribution in [-0.2, 0) is 4.79 Å². The molecule has 0 saturated heterocycles. The standard InChI is InChI=1S/C14H22N2O4/c1-14(2,15)13(18)16-8-12(17)9-5-10(19-3)7-11(6-9)20-4/h5-7,12,17H,8,15H2,1-4H3,(H,16,18). The summed E-state index contributed by atoms with van der Waals surface area (Å²) in [5.41, 5.74) is 5.27. The Morgan fingerprint density at radius 3 is 2.20 bits per heavy atom. The van der Waals surface area contributed by atoms with E-state index < -0.39 is 11.6 Å². The third-order valence-electron chi connectivity index (χ3n) is 2.80. The number of hydrogen-bond acceptors (Lipinski definition) is 5. The number of carbonyl (C=O) groups excluding carboxylic acids is 1. The molecule has 1 atom stereocenters. The van der Waals surface area contributed by atoms with Crippen LogP contribution < -0.4 is 20.5 Å². The first-order valence-electron chi connectivity index (χ1n) is 6.26. The van der Waals surface area contributed by atoms with Crippen LogP contribution in [0.4, 0.5) is 0 Å². The topological polar surface area (TPSA) is 93.8 Å². The molecule has 0 aliphatic rings. The zero-order chi connectivity index (χ0) is 15.3. The number of hydrogen-bond donors (Lipinski definition) is 3. The lowest BCUT2D eigenvalue weighted by atomic mass is 10.1. The van der Waals surface area contributed by atoms with Gasteiger partial charge in [0.05, 0.1) is 25.9 Å². The van der Waals surface area contributed by atoms with E-state index in [1.807, 2.05) is 0 Å². The van der Waals surface area contributed by atoms with Gasteiger partial charge in [-0.2, -0.15) is 0 Å². The van der Waals surface area contributed by atoms with Crippen LogP contribution in [0.3, 0.4) is 0 Å². The lowest BCUT2D eigenvalue weighted by molar-refractivity contribution is -0.125. The van der Waals surface area contributed by atoms with Crippen molar-refractivity contribution in [2.45, 2.75) is 25.5 Å². The molecule has 1 unspecified atom stereocenters. The highest BCUT2D eigenvalue weighted by Crippen LogP contribution is 2.26. The van der Waals surface area contributed by atoms with Crippen LogP contribution in [0.1, 0.15) is 25.5 Å². The number of aliphatic hydroxyl groups is 1. The summed E-state index contributed by atoms with van der Waals surface area (Å²) >= 11 is 0. The Hall–Kier alpha value is -1.79. The Labute approximate surface area is 118 Å². The van der Waals surface area contributed by atoms with E-state index in [-0.39, 0.29) is 12.5 Å². The van der Waals surface area contributed by atoms with Gasteiger partial charge in [-0.05, 0) is 31.5 Å². The summed E-state index contributed by atoms with van der Waals surface area (Å²) in [4.78, 5) is 11.6. The molecule has 4 N–H and O–H groups in total. The molecule has 20 heavy (non-hydrogen) atoms. The highest BCUT2D eigenvalue weighted by atomic mass is 16.5. The van der Waals surface area contributed by atoms with Gasteiger partial charge in [-0.3, -0.25) is 4.79 Å². The van der Waals surface area contributed by atoms with Crippen molar-refractivity contribution in [1.82, 2.24) is 5.32 Å². The largest absolute Gasteiger partial charge is 0.497 e. The van der Waals surface area contributed by atoms with Crippen molar-refractivity contribution in [2.24, 2.45) is 5.73 Å². The first-order chi connectivity index (χ1) is 9.27. The smallest absolute Gasteiger partial charge is 0.239 e. The molecule has 0 heterocycles. The average Bonchev–Trinajstić information content (AvgIpc) is 2.42. The molecule has 0 fully saturated rings.